The molecule has 0 saturated carbocycles. The van der Waals surface area contributed by atoms with Crippen LogP contribution in [0.3, 0.4) is 0 Å². The van der Waals surface area contributed by atoms with Gasteiger partial charge >= 0.3 is 0 Å². The van der Waals surface area contributed by atoms with Crippen molar-refractivity contribution in [3.63, 3.8) is 0 Å². The molecule has 0 aliphatic heterocycles. The van der Waals surface area contributed by atoms with E-state index in [1.165, 1.54) is 18.6 Å². The summed E-state index contributed by atoms with van der Waals surface area (Å²) < 4.78 is 0. The van der Waals surface area contributed by atoms with Crippen LogP contribution in [0.5, 0.6) is 0 Å². The van der Waals surface area contributed by atoms with Gasteiger partial charge in [0.2, 0.25) is 0 Å². The zero-order valence-corrected chi connectivity index (χ0v) is 12.6. The maximum absolute atomic E-state index is 5.61. The minimum absolute atomic E-state index is 0.317. The Morgan fingerprint density at radius 1 is 0.842 bits per heavy atom. The second-order valence-electron chi connectivity index (χ2n) is 3.69. The SMILES string of the molecule is CC(C)Nc1cncc(Cl)n1.Clc1cncc(Cl)n1. The van der Waals surface area contributed by atoms with Gasteiger partial charge in [-0.3, -0.25) is 9.97 Å². The van der Waals surface area contributed by atoms with Gasteiger partial charge in [0, 0.05) is 6.04 Å². The number of anilines is 1. The highest BCUT2D eigenvalue weighted by molar-refractivity contribution is 6.32. The van der Waals surface area contributed by atoms with E-state index in [1.54, 1.807) is 6.20 Å². The fraction of sp³-hybridized carbons (Fsp3) is 0.273. The minimum atomic E-state index is 0.317. The van der Waals surface area contributed by atoms with Gasteiger partial charge in [0.25, 0.3) is 0 Å². The first-order valence-electron chi connectivity index (χ1n) is 5.34. The third-order valence-electron chi connectivity index (χ3n) is 1.62. The molecule has 0 amide bonds. The number of hydrogen-bond donors (Lipinski definition) is 1. The van der Waals surface area contributed by atoms with Crippen LogP contribution < -0.4 is 5.32 Å². The molecular formula is C11H12Cl3N5. The fourth-order valence-electron chi connectivity index (χ4n) is 1.03. The third-order valence-corrected chi connectivity index (χ3v) is 2.16. The van der Waals surface area contributed by atoms with Crippen molar-refractivity contribution in [1.29, 1.82) is 0 Å². The molecule has 2 rings (SSSR count). The molecule has 0 spiro atoms. The fourth-order valence-corrected chi connectivity index (χ4v) is 1.51. The average Bonchev–Trinajstić information content (AvgIpc) is 2.28. The summed E-state index contributed by atoms with van der Waals surface area (Å²) in [6, 6.07) is 0.350. The van der Waals surface area contributed by atoms with Crippen LogP contribution in [0.1, 0.15) is 13.8 Å². The molecule has 0 radical (unpaired) electrons. The molecule has 2 heterocycles. The first-order chi connectivity index (χ1) is 8.97. The monoisotopic (exact) mass is 319 g/mol. The Hall–Kier alpha value is -1.17. The van der Waals surface area contributed by atoms with Crippen molar-refractivity contribution in [2.75, 3.05) is 5.32 Å². The maximum Gasteiger partial charge on any atom is 0.149 e. The molecule has 5 nitrogen and oxygen atoms in total. The Bertz CT molecular complexity index is 504. The highest BCUT2D eigenvalue weighted by Crippen LogP contribution is 2.07. The van der Waals surface area contributed by atoms with E-state index in [2.05, 4.69) is 25.3 Å². The molecule has 8 heteroatoms. The second kappa shape index (κ2) is 8.09. The molecule has 0 unspecified atom stereocenters. The molecule has 0 saturated heterocycles. The molecule has 0 aliphatic carbocycles. The van der Waals surface area contributed by atoms with Crippen LogP contribution >= 0.6 is 34.8 Å². The molecule has 0 fully saturated rings. The average molecular weight is 321 g/mol. The lowest BCUT2D eigenvalue weighted by atomic mass is 10.4. The summed E-state index contributed by atoms with van der Waals surface area (Å²) in [6.45, 7) is 4.06. The van der Waals surface area contributed by atoms with Gasteiger partial charge in [-0.1, -0.05) is 34.8 Å². The summed E-state index contributed by atoms with van der Waals surface area (Å²) in [4.78, 5) is 15.2. The van der Waals surface area contributed by atoms with Gasteiger partial charge in [-0.05, 0) is 13.8 Å². The van der Waals surface area contributed by atoms with E-state index in [0.29, 0.717) is 27.3 Å². The van der Waals surface area contributed by atoms with Gasteiger partial charge in [0.15, 0.2) is 0 Å². The van der Waals surface area contributed by atoms with Gasteiger partial charge in [0.1, 0.15) is 21.3 Å². The Morgan fingerprint density at radius 3 is 1.68 bits per heavy atom. The molecule has 2 aromatic rings. The lowest BCUT2D eigenvalue weighted by Crippen LogP contribution is -2.11. The van der Waals surface area contributed by atoms with Crippen molar-refractivity contribution in [2.45, 2.75) is 19.9 Å². The van der Waals surface area contributed by atoms with Crippen LogP contribution in [0.4, 0.5) is 5.82 Å². The van der Waals surface area contributed by atoms with E-state index >= 15 is 0 Å². The maximum atomic E-state index is 5.61. The van der Waals surface area contributed by atoms with E-state index in [4.69, 9.17) is 34.8 Å². The Labute approximate surface area is 126 Å². The summed E-state index contributed by atoms with van der Waals surface area (Å²) in [6.07, 6.45) is 6.00. The normalized spacial score (nSPS) is 9.79. The van der Waals surface area contributed by atoms with Crippen LogP contribution in [-0.2, 0) is 0 Å². The smallest absolute Gasteiger partial charge is 0.149 e. The predicted octanol–water partition coefficient (Wildman–Crippen LogP) is 3.73. The third kappa shape index (κ3) is 7.10. The largest absolute Gasteiger partial charge is 0.367 e. The highest BCUT2D eigenvalue weighted by Gasteiger charge is 1.96. The van der Waals surface area contributed by atoms with E-state index in [0.717, 1.165) is 0 Å². The zero-order chi connectivity index (χ0) is 14.3. The molecule has 1 N–H and O–H groups in total. The van der Waals surface area contributed by atoms with Gasteiger partial charge in [-0.15, -0.1) is 0 Å². The Kier molecular flexibility index (Phi) is 6.77. The summed E-state index contributed by atoms with van der Waals surface area (Å²) in [5, 5.41) is 4.13. The highest BCUT2D eigenvalue weighted by atomic mass is 35.5. The van der Waals surface area contributed by atoms with Crippen LogP contribution in [0.15, 0.2) is 24.8 Å². The summed E-state index contributed by atoms with van der Waals surface area (Å²) in [5.74, 6) is 0.715. The Morgan fingerprint density at radius 2 is 1.32 bits per heavy atom. The first-order valence-corrected chi connectivity index (χ1v) is 6.48. The number of aromatic nitrogens is 4. The van der Waals surface area contributed by atoms with E-state index in [9.17, 15) is 0 Å². The second-order valence-corrected chi connectivity index (χ2v) is 4.85. The van der Waals surface area contributed by atoms with Crippen molar-refractivity contribution in [2.24, 2.45) is 0 Å². The van der Waals surface area contributed by atoms with E-state index in [-0.39, 0.29) is 0 Å². The van der Waals surface area contributed by atoms with Gasteiger partial charge < -0.3 is 5.32 Å². The van der Waals surface area contributed by atoms with Crippen LogP contribution in [0.25, 0.3) is 0 Å². The van der Waals surface area contributed by atoms with Crippen molar-refractivity contribution in [3.8, 4) is 0 Å². The Balaban J connectivity index is 0.000000200. The van der Waals surface area contributed by atoms with Gasteiger partial charge in [-0.25, -0.2) is 9.97 Å². The molecule has 0 atom stereocenters. The van der Waals surface area contributed by atoms with Crippen LogP contribution in [0.2, 0.25) is 15.5 Å². The lowest BCUT2D eigenvalue weighted by Gasteiger charge is -2.07. The van der Waals surface area contributed by atoms with Gasteiger partial charge in [0.05, 0.1) is 24.8 Å². The number of halogens is 3. The van der Waals surface area contributed by atoms with E-state index < -0.39 is 0 Å². The van der Waals surface area contributed by atoms with Gasteiger partial charge in [-0.2, -0.15) is 0 Å². The van der Waals surface area contributed by atoms with Crippen LogP contribution in [0, 0.1) is 0 Å². The van der Waals surface area contributed by atoms with Crippen molar-refractivity contribution >= 4 is 40.6 Å². The summed E-state index contributed by atoms with van der Waals surface area (Å²) in [7, 11) is 0. The number of rotatable bonds is 2. The molecule has 2 aromatic heterocycles. The molecule has 0 bridgehead atoms. The standard InChI is InChI=1S/C7H10ClN3.C4H2Cl2N2/c1-5(2)10-7-4-9-3-6(8)11-7;5-3-1-7-2-4(6)8-3/h3-5H,1-2H3,(H,10,11);1-2H. The van der Waals surface area contributed by atoms with E-state index in [1.807, 2.05) is 13.8 Å². The van der Waals surface area contributed by atoms with Crippen molar-refractivity contribution in [3.05, 3.63) is 40.2 Å². The minimum Gasteiger partial charge on any atom is -0.367 e. The molecule has 19 heavy (non-hydrogen) atoms. The molecular weight excluding hydrogens is 309 g/mol. The number of nitrogens with one attached hydrogen (secondary N) is 1. The summed E-state index contributed by atoms with van der Waals surface area (Å²) in [5.41, 5.74) is 0. The molecule has 0 aliphatic rings. The molecule has 0 aromatic carbocycles. The number of nitrogens with zero attached hydrogens (tertiary/aromatic N) is 4. The lowest BCUT2D eigenvalue weighted by molar-refractivity contribution is 0.886. The topological polar surface area (TPSA) is 63.6 Å². The van der Waals surface area contributed by atoms with Crippen molar-refractivity contribution in [1.82, 2.24) is 19.9 Å². The zero-order valence-electron chi connectivity index (χ0n) is 10.3. The summed E-state index contributed by atoms with van der Waals surface area (Å²) >= 11 is 16.4. The first kappa shape index (κ1) is 15.9. The number of hydrogen-bond acceptors (Lipinski definition) is 5. The van der Waals surface area contributed by atoms with Crippen LogP contribution in [-0.4, -0.2) is 26.0 Å². The predicted molar refractivity (Wildman–Crippen MR) is 77.9 cm³/mol. The van der Waals surface area contributed by atoms with Crippen molar-refractivity contribution < 1.29 is 0 Å². The quantitative estimate of drug-likeness (QED) is 0.913. The molecule has 102 valence electrons.